The van der Waals surface area contributed by atoms with Crippen LogP contribution < -0.4 is 0 Å². The fraction of sp³-hybridized carbons (Fsp3) is 0.286. The van der Waals surface area contributed by atoms with E-state index in [0.717, 1.165) is 18.2 Å². The minimum Gasteiger partial charge on any atom is -0.480 e. The molecule has 0 saturated carbocycles. The van der Waals surface area contributed by atoms with Crippen LogP contribution in [-0.2, 0) is 14.9 Å². The van der Waals surface area contributed by atoms with Gasteiger partial charge < -0.3 is 10.2 Å². The highest BCUT2D eigenvalue weighted by Crippen LogP contribution is 2.27. The molecule has 1 aliphatic rings. The van der Waals surface area contributed by atoms with Gasteiger partial charge in [0.25, 0.3) is 10.1 Å². The molecule has 3 N–H and O–H groups in total. The summed E-state index contributed by atoms with van der Waals surface area (Å²) in [6.45, 7) is 0. The number of carbonyl (C=O) groups is 1. The SMILES string of the molecule is O=C(O)C1(S(=O)(=O)O)C=CC=CC1O. The summed E-state index contributed by atoms with van der Waals surface area (Å²) in [6.07, 6.45) is 2.32. The van der Waals surface area contributed by atoms with E-state index in [1.165, 1.54) is 6.08 Å². The normalized spacial score (nSPS) is 31.7. The van der Waals surface area contributed by atoms with Crippen molar-refractivity contribution < 1.29 is 28.0 Å². The number of aliphatic carboxylic acids is 1. The van der Waals surface area contributed by atoms with E-state index in [1.807, 2.05) is 0 Å². The van der Waals surface area contributed by atoms with Crippen molar-refractivity contribution >= 4 is 16.1 Å². The van der Waals surface area contributed by atoms with Crippen molar-refractivity contribution in [2.24, 2.45) is 0 Å². The van der Waals surface area contributed by atoms with Gasteiger partial charge in [0.1, 0.15) is 6.10 Å². The zero-order chi connectivity index (χ0) is 11.0. The molecule has 6 nitrogen and oxygen atoms in total. The molecule has 0 aromatic heterocycles. The van der Waals surface area contributed by atoms with Crippen LogP contribution in [0.4, 0.5) is 0 Å². The van der Waals surface area contributed by atoms with E-state index in [1.54, 1.807) is 0 Å². The van der Waals surface area contributed by atoms with Gasteiger partial charge in [-0.2, -0.15) is 8.42 Å². The molecule has 0 amide bonds. The summed E-state index contributed by atoms with van der Waals surface area (Å²) in [5.41, 5.74) is 0. The fourth-order valence-corrected chi connectivity index (χ4v) is 2.01. The maximum absolute atomic E-state index is 10.9. The van der Waals surface area contributed by atoms with E-state index in [2.05, 4.69) is 0 Å². The quantitative estimate of drug-likeness (QED) is 0.524. The summed E-state index contributed by atoms with van der Waals surface area (Å²) in [5.74, 6) is -1.83. The first-order valence-electron chi connectivity index (χ1n) is 3.57. The molecule has 0 heterocycles. The lowest BCUT2D eigenvalue weighted by Crippen LogP contribution is -2.54. The molecule has 0 aromatic rings. The van der Waals surface area contributed by atoms with Crippen LogP contribution in [0.1, 0.15) is 0 Å². The molecule has 14 heavy (non-hydrogen) atoms. The lowest BCUT2D eigenvalue weighted by molar-refractivity contribution is -0.141. The number of hydrogen-bond donors (Lipinski definition) is 3. The number of rotatable bonds is 2. The zero-order valence-corrected chi connectivity index (χ0v) is 7.68. The van der Waals surface area contributed by atoms with E-state index >= 15 is 0 Å². The van der Waals surface area contributed by atoms with Crippen LogP contribution in [0.15, 0.2) is 24.3 Å². The van der Waals surface area contributed by atoms with E-state index < -0.39 is 26.9 Å². The number of carboxylic acids is 1. The molecule has 0 radical (unpaired) electrons. The minimum atomic E-state index is -4.92. The molecule has 0 aliphatic heterocycles. The van der Waals surface area contributed by atoms with Crippen molar-refractivity contribution in [2.75, 3.05) is 0 Å². The fourth-order valence-electron chi connectivity index (χ4n) is 1.16. The second-order valence-corrected chi connectivity index (χ2v) is 4.39. The monoisotopic (exact) mass is 220 g/mol. The Hall–Kier alpha value is -1.18. The van der Waals surface area contributed by atoms with Crippen molar-refractivity contribution in [1.82, 2.24) is 0 Å². The van der Waals surface area contributed by atoms with E-state index in [-0.39, 0.29) is 0 Å². The molecule has 7 heteroatoms. The third-order valence-electron chi connectivity index (χ3n) is 1.95. The van der Waals surface area contributed by atoms with Gasteiger partial charge in [-0.1, -0.05) is 18.2 Å². The molecule has 2 unspecified atom stereocenters. The summed E-state index contributed by atoms with van der Waals surface area (Å²) >= 11 is 0. The predicted octanol–water partition coefficient (Wildman–Crippen LogP) is -0.815. The Labute approximate surface area is 79.9 Å². The van der Waals surface area contributed by atoms with Gasteiger partial charge in [-0.05, 0) is 6.08 Å². The van der Waals surface area contributed by atoms with E-state index in [4.69, 9.17) is 9.66 Å². The highest BCUT2D eigenvalue weighted by atomic mass is 32.2. The molecule has 78 valence electrons. The Balaban J connectivity index is 3.40. The third kappa shape index (κ3) is 1.35. The van der Waals surface area contributed by atoms with Gasteiger partial charge in [0.05, 0.1) is 0 Å². The lowest BCUT2D eigenvalue weighted by atomic mass is 9.97. The Morgan fingerprint density at radius 1 is 1.36 bits per heavy atom. The third-order valence-corrected chi connectivity index (χ3v) is 3.35. The van der Waals surface area contributed by atoms with Crippen molar-refractivity contribution in [2.45, 2.75) is 10.9 Å². The van der Waals surface area contributed by atoms with Crippen LogP contribution in [-0.4, -0.2) is 40.0 Å². The van der Waals surface area contributed by atoms with E-state index in [9.17, 15) is 18.3 Å². The number of allylic oxidation sites excluding steroid dienone is 2. The summed E-state index contributed by atoms with van der Waals surface area (Å²) in [6, 6.07) is 0. The van der Waals surface area contributed by atoms with Crippen molar-refractivity contribution in [1.29, 1.82) is 0 Å². The first-order chi connectivity index (χ1) is 6.32. The highest BCUT2D eigenvalue weighted by molar-refractivity contribution is 7.88. The number of aliphatic hydroxyl groups excluding tert-OH is 1. The lowest BCUT2D eigenvalue weighted by Gasteiger charge is -2.27. The molecule has 0 fully saturated rings. The molecule has 0 aromatic carbocycles. The van der Waals surface area contributed by atoms with Gasteiger partial charge in [0.15, 0.2) is 0 Å². The van der Waals surface area contributed by atoms with Crippen LogP contribution in [0.25, 0.3) is 0 Å². The zero-order valence-electron chi connectivity index (χ0n) is 6.86. The first-order valence-corrected chi connectivity index (χ1v) is 5.01. The summed E-state index contributed by atoms with van der Waals surface area (Å²) < 4.78 is 27.9. The number of hydrogen-bond acceptors (Lipinski definition) is 4. The van der Waals surface area contributed by atoms with Gasteiger partial charge in [-0.3, -0.25) is 4.55 Å². The topological polar surface area (TPSA) is 112 Å². The van der Waals surface area contributed by atoms with Crippen molar-refractivity contribution in [3.63, 3.8) is 0 Å². The van der Waals surface area contributed by atoms with Crippen molar-refractivity contribution in [3.8, 4) is 0 Å². The van der Waals surface area contributed by atoms with Gasteiger partial charge >= 0.3 is 5.97 Å². The van der Waals surface area contributed by atoms with Crippen LogP contribution >= 0.6 is 0 Å². The second-order valence-electron chi connectivity index (χ2n) is 2.76. The molecule has 2 atom stereocenters. The molecule has 0 spiro atoms. The molecular formula is C7H8O6S. The Morgan fingerprint density at radius 3 is 2.21 bits per heavy atom. The van der Waals surface area contributed by atoms with Crippen LogP contribution in [0.3, 0.4) is 0 Å². The Bertz CT molecular complexity index is 406. The molecule has 1 rings (SSSR count). The van der Waals surface area contributed by atoms with E-state index in [0.29, 0.717) is 0 Å². The van der Waals surface area contributed by atoms with Gasteiger partial charge in [0.2, 0.25) is 4.75 Å². The largest absolute Gasteiger partial charge is 0.480 e. The average Bonchev–Trinajstić information content (AvgIpc) is 2.02. The summed E-state index contributed by atoms with van der Waals surface area (Å²) in [7, 11) is -4.92. The second kappa shape index (κ2) is 3.19. The van der Waals surface area contributed by atoms with Gasteiger partial charge in [0, 0.05) is 0 Å². The van der Waals surface area contributed by atoms with Gasteiger partial charge in [-0.15, -0.1) is 0 Å². The number of carboxylic acid groups (broad SMARTS) is 1. The van der Waals surface area contributed by atoms with Gasteiger partial charge in [-0.25, -0.2) is 4.79 Å². The van der Waals surface area contributed by atoms with Crippen molar-refractivity contribution in [3.05, 3.63) is 24.3 Å². The number of aliphatic hydroxyl groups is 1. The molecule has 0 bridgehead atoms. The predicted molar refractivity (Wildman–Crippen MR) is 46.2 cm³/mol. The van der Waals surface area contributed by atoms with Crippen LogP contribution in [0.5, 0.6) is 0 Å². The molecular weight excluding hydrogens is 212 g/mol. The Morgan fingerprint density at radius 2 is 1.93 bits per heavy atom. The molecule has 1 aliphatic carbocycles. The van der Waals surface area contributed by atoms with Crippen LogP contribution in [0.2, 0.25) is 0 Å². The highest BCUT2D eigenvalue weighted by Gasteiger charge is 2.54. The maximum Gasteiger partial charge on any atom is 0.334 e. The Kier molecular flexibility index (Phi) is 2.49. The first kappa shape index (κ1) is 10.9. The standard InChI is InChI=1S/C7H8O6S/c8-5-3-1-2-4-7(5,6(9)10)14(11,12)13/h1-5,8H,(H,9,10)(H,11,12,13). The average molecular weight is 220 g/mol. The minimum absolute atomic E-state index is 0.731. The smallest absolute Gasteiger partial charge is 0.334 e. The van der Waals surface area contributed by atoms with Crippen LogP contribution in [0, 0.1) is 0 Å². The molecule has 0 saturated heterocycles. The summed E-state index contributed by atoms with van der Waals surface area (Å²) in [5, 5.41) is 18.0. The summed E-state index contributed by atoms with van der Waals surface area (Å²) in [4.78, 5) is 10.7. The maximum atomic E-state index is 10.9.